The van der Waals surface area contributed by atoms with Gasteiger partial charge in [0.2, 0.25) is 0 Å². The Morgan fingerprint density at radius 2 is 1.81 bits per heavy atom. The van der Waals surface area contributed by atoms with E-state index in [-0.39, 0.29) is 17.4 Å². The third kappa shape index (κ3) is 6.45. The van der Waals surface area contributed by atoms with E-state index in [0.717, 1.165) is 43.7 Å². The summed E-state index contributed by atoms with van der Waals surface area (Å²) in [4.78, 5) is 24.6. The number of carbonyl (C=O) groups excluding carboxylic acids is 2. The van der Waals surface area contributed by atoms with Crippen LogP contribution in [-0.2, 0) is 11.2 Å². The van der Waals surface area contributed by atoms with Gasteiger partial charge in [-0.2, -0.15) is 0 Å². The predicted molar refractivity (Wildman–Crippen MR) is 127 cm³/mol. The Morgan fingerprint density at radius 1 is 1.06 bits per heavy atom. The van der Waals surface area contributed by atoms with Crippen molar-refractivity contribution in [2.75, 3.05) is 6.54 Å². The molecule has 2 aliphatic carbocycles. The highest BCUT2D eigenvalue weighted by molar-refractivity contribution is 6.47. The number of hydrogen-bond acceptors (Lipinski definition) is 5. The molecule has 4 rings (SSSR count). The minimum absolute atomic E-state index is 0.0769. The maximum absolute atomic E-state index is 12.8. The fourth-order valence-corrected chi connectivity index (χ4v) is 5.47. The zero-order valence-corrected chi connectivity index (χ0v) is 19.5. The first kappa shape index (κ1) is 23.5. The molecule has 2 saturated carbocycles. The molecule has 0 aromatic heterocycles. The first-order valence-corrected chi connectivity index (χ1v) is 12.7. The maximum atomic E-state index is 12.8. The van der Waals surface area contributed by atoms with E-state index >= 15 is 0 Å². The average molecular weight is 439 g/mol. The molecule has 0 spiro atoms. The molecule has 32 heavy (non-hydrogen) atoms. The zero-order valence-electron chi connectivity index (χ0n) is 19.5. The normalized spacial score (nSPS) is 25.2. The zero-order chi connectivity index (χ0) is 22.5. The van der Waals surface area contributed by atoms with Crippen LogP contribution in [0.25, 0.3) is 0 Å². The van der Waals surface area contributed by atoms with E-state index in [4.69, 9.17) is 4.65 Å². The molecule has 3 aliphatic rings. The first-order chi connectivity index (χ1) is 15.5. The van der Waals surface area contributed by atoms with Crippen LogP contribution in [0.4, 0.5) is 0 Å². The molecule has 5 nitrogen and oxygen atoms in total. The number of unbranched alkanes of at least 4 members (excludes halogenated alkanes) is 1. The molecule has 0 saturated heterocycles. The summed E-state index contributed by atoms with van der Waals surface area (Å²) in [6, 6.07) is 6.10. The van der Waals surface area contributed by atoms with E-state index in [2.05, 4.69) is 5.32 Å². The number of fused-ring (bicyclic) bond motifs is 1. The summed E-state index contributed by atoms with van der Waals surface area (Å²) in [6.07, 6.45) is 13.0. The molecule has 0 unspecified atom stereocenters. The molecule has 2 N–H and O–H groups in total. The highest BCUT2D eigenvalue weighted by Crippen LogP contribution is 2.37. The minimum atomic E-state index is -1.04. The van der Waals surface area contributed by atoms with Gasteiger partial charge in [0.05, 0.1) is 5.56 Å². The lowest BCUT2D eigenvalue weighted by molar-refractivity contribution is -0.120. The standard InChI is InChI=1S/C26H38BNO4/c1-18(29)25-7-4-6-21-16-22(27(31)32-26(21)25)17-24(30)15-20-10-12-23(13-11-20)28-14-3-2-5-19-8-9-19/h4,6-7,19-20,22-23,28,31H,2-3,5,8-17H2,1H3/t20?,22-,23?/m1/s1. The van der Waals surface area contributed by atoms with E-state index in [1.165, 1.54) is 39.0 Å². The van der Waals surface area contributed by atoms with Gasteiger partial charge in [0.15, 0.2) is 5.78 Å². The van der Waals surface area contributed by atoms with Crippen LogP contribution in [0, 0.1) is 11.8 Å². The Hall–Kier alpha value is -1.66. The second-order valence-electron chi connectivity index (χ2n) is 10.4. The highest BCUT2D eigenvalue weighted by atomic mass is 16.5. The largest absolute Gasteiger partial charge is 0.535 e. The minimum Gasteiger partial charge on any atom is -0.535 e. The monoisotopic (exact) mass is 439 g/mol. The summed E-state index contributed by atoms with van der Waals surface area (Å²) in [5.74, 6) is 1.89. The molecule has 1 heterocycles. The number of hydrogen-bond donors (Lipinski definition) is 2. The topological polar surface area (TPSA) is 75.6 Å². The third-order valence-corrected chi connectivity index (χ3v) is 7.62. The van der Waals surface area contributed by atoms with Crippen molar-refractivity contribution >= 4 is 18.7 Å². The first-order valence-electron chi connectivity index (χ1n) is 12.7. The number of ketones is 2. The summed E-state index contributed by atoms with van der Waals surface area (Å²) in [5.41, 5.74) is 1.41. The summed E-state index contributed by atoms with van der Waals surface area (Å²) in [7, 11) is -1.04. The SMILES string of the molecule is CC(=O)c1cccc2c1OB(O)[C@@H](CC(=O)CC1CCC(NCCCCC3CC3)CC1)C2. The molecule has 1 aromatic rings. The molecule has 0 amide bonds. The van der Waals surface area contributed by atoms with Gasteiger partial charge in [-0.3, -0.25) is 9.59 Å². The van der Waals surface area contributed by atoms with Crippen LogP contribution in [0.2, 0.25) is 5.82 Å². The van der Waals surface area contributed by atoms with Crippen molar-refractivity contribution < 1.29 is 19.3 Å². The summed E-state index contributed by atoms with van der Waals surface area (Å²) >= 11 is 0. The molecule has 1 aromatic carbocycles. The molecular formula is C26H38BNO4. The van der Waals surface area contributed by atoms with Crippen LogP contribution >= 0.6 is 0 Å². The third-order valence-electron chi connectivity index (χ3n) is 7.62. The van der Waals surface area contributed by atoms with E-state index in [1.54, 1.807) is 6.07 Å². The smallest absolute Gasteiger partial charge is 0.526 e. The maximum Gasteiger partial charge on any atom is 0.526 e. The Morgan fingerprint density at radius 3 is 2.53 bits per heavy atom. The van der Waals surface area contributed by atoms with Gasteiger partial charge in [-0.05, 0) is 75.5 Å². The van der Waals surface area contributed by atoms with E-state index in [1.807, 2.05) is 12.1 Å². The number of carbonyl (C=O) groups is 2. The molecule has 1 atom stereocenters. The molecular weight excluding hydrogens is 401 g/mol. The van der Waals surface area contributed by atoms with Gasteiger partial charge in [0, 0.05) is 24.7 Å². The van der Waals surface area contributed by atoms with Gasteiger partial charge in [-0.15, -0.1) is 0 Å². The van der Waals surface area contributed by atoms with Gasteiger partial charge in [0.25, 0.3) is 0 Å². The van der Waals surface area contributed by atoms with Gasteiger partial charge < -0.3 is 15.0 Å². The lowest BCUT2D eigenvalue weighted by Crippen LogP contribution is -2.36. The van der Waals surface area contributed by atoms with E-state index < -0.39 is 7.12 Å². The number of benzene rings is 1. The van der Waals surface area contributed by atoms with Crippen molar-refractivity contribution in [3.05, 3.63) is 29.3 Å². The summed E-state index contributed by atoms with van der Waals surface area (Å²) in [6.45, 7) is 2.63. The fraction of sp³-hybridized carbons (Fsp3) is 0.692. The quantitative estimate of drug-likeness (QED) is 0.296. The molecule has 6 heteroatoms. The Kier molecular flexibility index (Phi) is 8.06. The molecule has 2 fully saturated rings. The Balaban J connectivity index is 1.17. The van der Waals surface area contributed by atoms with Gasteiger partial charge in [-0.25, -0.2) is 0 Å². The number of nitrogens with one attached hydrogen (secondary N) is 1. The Labute approximate surface area is 192 Å². The number of Topliss-reactive ketones (excluding diaryl/α,β-unsaturated/α-hetero) is 2. The van der Waals surface area contributed by atoms with Crippen LogP contribution in [-0.4, -0.2) is 36.3 Å². The number of para-hydroxylation sites is 1. The van der Waals surface area contributed by atoms with Gasteiger partial charge in [-0.1, -0.05) is 37.8 Å². The predicted octanol–water partition coefficient (Wildman–Crippen LogP) is 4.75. The molecule has 0 radical (unpaired) electrons. The van der Waals surface area contributed by atoms with Crippen molar-refractivity contribution in [1.29, 1.82) is 0 Å². The van der Waals surface area contributed by atoms with Crippen LogP contribution in [0.3, 0.4) is 0 Å². The van der Waals surface area contributed by atoms with Gasteiger partial charge in [0.1, 0.15) is 11.5 Å². The highest BCUT2D eigenvalue weighted by Gasteiger charge is 2.37. The lowest BCUT2D eigenvalue weighted by atomic mass is 9.64. The lowest BCUT2D eigenvalue weighted by Gasteiger charge is -2.30. The van der Waals surface area contributed by atoms with Crippen molar-refractivity contribution in [2.45, 2.75) is 95.8 Å². The van der Waals surface area contributed by atoms with Crippen LogP contribution in [0.5, 0.6) is 5.75 Å². The van der Waals surface area contributed by atoms with Crippen LogP contribution in [0.15, 0.2) is 18.2 Å². The van der Waals surface area contributed by atoms with Crippen molar-refractivity contribution in [1.82, 2.24) is 5.32 Å². The summed E-state index contributed by atoms with van der Waals surface area (Å²) < 4.78 is 5.69. The van der Waals surface area contributed by atoms with Crippen molar-refractivity contribution in [3.63, 3.8) is 0 Å². The second kappa shape index (κ2) is 11.0. The van der Waals surface area contributed by atoms with E-state index in [9.17, 15) is 14.6 Å². The molecule has 0 bridgehead atoms. The number of rotatable bonds is 11. The molecule has 174 valence electrons. The van der Waals surface area contributed by atoms with Gasteiger partial charge >= 0.3 is 7.12 Å². The fourth-order valence-electron chi connectivity index (χ4n) is 5.47. The second-order valence-corrected chi connectivity index (χ2v) is 10.4. The van der Waals surface area contributed by atoms with Crippen molar-refractivity contribution in [3.8, 4) is 5.75 Å². The van der Waals surface area contributed by atoms with E-state index in [0.29, 0.717) is 42.5 Å². The van der Waals surface area contributed by atoms with Crippen LogP contribution < -0.4 is 9.97 Å². The molecule has 1 aliphatic heterocycles. The Bertz CT molecular complexity index is 801. The van der Waals surface area contributed by atoms with Crippen LogP contribution in [0.1, 0.15) is 93.5 Å². The summed E-state index contributed by atoms with van der Waals surface area (Å²) in [5, 5.41) is 14.2. The van der Waals surface area contributed by atoms with Crippen molar-refractivity contribution in [2.24, 2.45) is 11.8 Å². The average Bonchev–Trinajstić information content (AvgIpc) is 3.59.